The van der Waals surface area contributed by atoms with E-state index in [0.29, 0.717) is 29.7 Å². The Bertz CT molecular complexity index is 1580. The zero-order valence-electron chi connectivity index (χ0n) is 22.5. The summed E-state index contributed by atoms with van der Waals surface area (Å²) < 4.78 is 10.7. The largest absolute Gasteiger partial charge is 0.497 e. The first-order valence-electron chi connectivity index (χ1n) is 13.4. The number of methoxy groups -OCH3 is 2. The summed E-state index contributed by atoms with van der Waals surface area (Å²) in [4.78, 5) is 30.2. The summed E-state index contributed by atoms with van der Waals surface area (Å²) in [6.45, 7) is 0. The molecule has 0 fully saturated rings. The molecular formula is C34H30N2O4. The third-order valence-corrected chi connectivity index (χ3v) is 7.75. The van der Waals surface area contributed by atoms with Crippen LogP contribution in [0.25, 0.3) is 0 Å². The molecule has 4 aromatic rings. The fourth-order valence-corrected chi connectivity index (χ4v) is 5.75. The van der Waals surface area contributed by atoms with Gasteiger partial charge in [0.25, 0.3) is 5.91 Å². The van der Waals surface area contributed by atoms with Crippen LogP contribution in [0.5, 0.6) is 11.5 Å². The topological polar surface area (TPSA) is 67.9 Å². The summed E-state index contributed by atoms with van der Waals surface area (Å²) in [6.07, 6.45) is 0.991. The third kappa shape index (κ3) is 4.62. The van der Waals surface area contributed by atoms with Gasteiger partial charge in [-0.2, -0.15) is 0 Å². The van der Waals surface area contributed by atoms with E-state index in [1.165, 1.54) is 0 Å². The second-order valence-electron chi connectivity index (χ2n) is 10.1. The van der Waals surface area contributed by atoms with E-state index in [-0.39, 0.29) is 17.6 Å². The van der Waals surface area contributed by atoms with Crippen molar-refractivity contribution < 1.29 is 19.1 Å². The predicted octanol–water partition coefficient (Wildman–Crippen LogP) is 6.92. The standard InChI is InChI=1S/C34H30N2O4/c1-39-26-16-12-22(13-17-26)25-20-29-32(31(37)21-25)33(23-14-18-27(40-2)19-15-23)36(30-11-7-6-10-28(30)35-29)34(38)24-8-4-3-5-9-24/h3-19,25,33,35H,20-21H2,1-2H3/t25-,33+/m1/s1. The number of carbonyl (C=O) groups is 2. The number of nitrogens with one attached hydrogen (secondary N) is 1. The maximum absolute atomic E-state index is 14.3. The first-order chi connectivity index (χ1) is 19.6. The summed E-state index contributed by atoms with van der Waals surface area (Å²) in [5.41, 5.74) is 5.45. The van der Waals surface area contributed by atoms with Crippen molar-refractivity contribution in [1.82, 2.24) is 0 Å². The van der Waals surface area contributed by atoms with Gasteiger partial charge in [-0.25, -0.2) is 0 Å². The molecule has 0 radical (unpaired) electrons. The fourth-order valence-electron chi connectivity index (χ4n) is 5.75. The molecule has 1 aliphatic carbocycles. The molecule has 200 valence electrons. The lowest BCUT2D eigenvalue weighted by molar-refractivity contribution is -0.116. The normalized spacial score (nSPS) is 18.2. The van der Waals surface area contributed by atoms with Gasteiger partial charge in [0.2, 0.25) is 0 Å². The number of ketones is 1. The van der Waals surface area contributed by atoms with Crippen LogP contribution in [0.15, 0.2) is 114 Å². The Hall–Kier alpha value is -4.84. The zero-order chi connectivity index (χ0) is 27.6. The molecule has 6 rings (SSSR count). The van der Waals surface area contributed by atoms with Gasteiger partial charge in [-0.05, 0) is 72.0 Å². The van der Waals surface area contributed by atoms with Crippen molar-refractivity contribution in [3.8, 4) is 11.5 Å². The van der Waals surface area contributed by atoms with Crippen LogP contribution in [-0.2, 0) is 4.79 Å². The number of benzene rings is 4. The van der Waals surface area contributed by atoms with Crippen molar-refractivity contribution in [3.05, 3.63) is 131 Å². The number of allylic oxidation sites excluding steroid dienone is 1. The first-order valence-corrected chi connectivity index (χ1v) is 13.4. The van der Waals surface area contributed by atoms with Crippen LogP contribution >= 0.6 is 0 Å². The molecule has 0 spiro atoms. The minimum absolute atomic E-state index is 0.00436. The Morgan fingerprint density at radius 2 is 1.35 bits per heavy atom. The number of hydrogen-bond donors (Lipinski definition) is 1. The fraction of sp³-hybridized carbons (Fsp3) is 0.176. The van der Waals surface area contributed by atoms with Crippen molar-refractivity contribution in [2.75, 3.05) is 24.4 Å². The maximum Gasteiger partial charge on any atom is 0.259 e. The highest BCUT2D eigenvalue weighted by atomic mass is 16.5. The molecule has 0 aromatic heterocycles. The van der Waals surface area contributed by atoms with Crippen LogP contribution in [0.2, 0.25) is 0 Å². The first kappa shape index (κ1) is 25.4. The van der Waals surface area contributed by atoms with Crippen molar-refractivity contribution in [2.45, 2.75) is 24.8 Å². The van der Waals surface area contributed by atoms with Crippen LogP contribution in [0, 0.1) is 0 Å². The lowest BCUT2D eigenvalue weighted by Gasteiger charge is -2.35. The van der Waals surface area contributed by atoms with Crippen LogP contribution in [0.4, 0.5) is 11.4 Å². The van der Waals surface area contributed by atoms with Crippen LogP contribution in [0.1, 0.15) is 46.3 Å². The molecule has 1 amide bonds. The van der Waals surface area contributed by atoms with Crippen molar-refractivity contribution in [1.29, 1.82) is 0 Å². The van der Waals surface area contributed by atoms with E-state index in [0.717, 1.165) is 33.9 Å². The van der Waals surface area contributed by atoms with Crippen molar-refractivity contribution in [3.63, 3.8) is 0 Å². The maximum atomic E-state index is 14.3. The van der Waals surface area contributed by atoms with Crippen LogP contribution in [-0.4, -0.2) is 25.9 Å². The van der Waals surface area contributed by atoms with Crippen LogP contribution in [0.3, 0.4) is 0 Å². The molecule has 4 aromatic carbocycles. The van der Waals surface area contributed by atoms with E-state index in [9.17, 15) is 9.59 Å². The number of anilines is 2. The van der Waals surface area contributed by atoms with Crippen molar-refractivity contribution in [2.24, 2.45) is 0 Å². The van der Waals surface area contributed by atoms with Crippen LogP contribution < -0.4 is 19.7 Å². The highest BCUT2D eigenvalue weighted by molar-refractivity contribution is 6.12. The van der Waals surface area contributed by atoms with Gasteiger partial charge in [-0.15, -0.1) is 0 Å². The van der Waals surface area contributed by atoms with E-state index in [2.05, 4.69) is 5.32 Å². The average molecular weight is 531 g/mol. The third-order valence-electron chi connectivity index (χ3n) is 7.75. The van der Waals surface area contributed by atoms with Gasteiger partial charge in [0, 0.05) is 23.3 Å². The molecule has 0 bridgehead atoms. The molecule has 6 nitrogen and oxygen atoms in total. The Labute approximate surface area is 233 Å². The molecule has 2 atom stereocenters. The van der Waals surface area contributed by atoms with E-state index >= 15 is 0 Å². The Balaban J connectivity index is 1.53. The number of carbonyl (C=O) groups excluding carboxylic acids is 2. The molecular weight excluding hydrogens is 500 g/mol. The Morgan fingerprint density at radius 1 is 0.750 bits per heavy atom. The van der Waals surface area contributed by atoms with E-state index in [4.69, 9.17) is 9.47 Å². The molecule has 0 saturated heterocycles. The molecule has 1 heterocycles. The number of hydrogen-bond acceptors (Lipinski definition) is 5. The Morgan fingerprint density at radius 3 is 2.00 bits per heavy atom. The molecule has 6 heteroatoms. The smallest absolute Gasteiger partial charge is 0.259 e. The summed E-state index contributed by atoms with van der Waals surface area (Å²) in [6, 6.07) is 31.9. The molecule has 0 saturated carbocycles. The van der Waals surface area contributed by atoms with Gasteiger partial charge in [-0.3, -0.25) is 14.5 Å². The second-order valence-corrected chi connectivity index (χ2v) is 10.1. The highest BCUT2D eigenvalue weighted by Crippen LogP contribution is 2.48. The number of amides is 1. The predicted molar refractivity (Wildman–Crippen MR) is 156 cm³/mol. The lowest BCUT2D eigenvalue weighted by Crippen LogP contribution is -2.38. The van der Waals surface area contributed by atoms with Gasteiger partial charge in [-0.1, -0.05) is 54.6 Å². The summed E-state index contributed by atoms with van der Waals surface area (Å²) in [5, 5.41) is 3.59. The van der Waals surface area contributed by atoms with E-state index in [1.54, 1.807) is 19.1 Å². The SMILES string of the molecule is COc1ccc([C@H]2CC(=O)C3=C(C2)Nc2ccccc2N(C(=O)c2ccccc2)[C@H]3c2ccc(OC)cc2)cc1. The highest BCUT2D eigenvalue weighted by Gasteiger charge is 2.41. The monoisotopic (exact) mass is 530 g/mol. The van der Waals surface area contributed by atoms with Gasteiger partial charge in [0.05, 0.1) is 31.6 Å². The minimum Gasteiger partial charge on any atom is -0.497 e. The molecule has 0 unspecified atom stereocenters. The molecule has 40 heavy (non-hydrogen) atoms. The van der Waals surface area contributed by atoms with E-state index in [1.807, 2.05) is 103 Å². The number of ether oxygens (including phenoxy) is 2. The molecule has 2 aliphatic rings. The number of Topliss-reactive ketones (excluding diaryl/α,β-unsaturated/α-hetero) is 1. The zero-order valence-corrected chi connectivity index (χ0v) is 22.5. The average Bonchev–Trinajstić information content (AvgIpc) is 3.16. The summed E-state index contributed by atoms with van der Waals surface area (Å²) in [5.74, 6) is 1.34. The quantitative estimate of drug-likeness (QED) is 0.303. The van der Waals surface area contributed by atoms with Gasteiger partial charge in [0.1, 0.15) is 11.5 Å². The second kappa shape index (κ2) is 10.7. The summed E-state index contributed by atoms with van der Waals surface area (Å²) in [7, 11) is 3.27. The molecule has 1 aliphatic heterocycles. The summed E-state index contributed by atoms with van der Waals surface area (Å²) >= 11 is 0. The van der Waals surface area contributed by atoms with Gasteiger partial charge < -0.3 is 14.8 Å². The van der Waals surface area contributed by atoms with E-state index < -0.39 is 6.04 Å². The number of para-hydroxylation sites is 2. The minimum atomic E-state index is -0.617. The van der Waals surface area contributed by atoms with Gasteiger partial charge in [0.15, 0.2) is 5.78 Å². The lowest BCUT2D eigenvalue weighted by atomic mass is 9.78. The van der Waals surface area contributed by atoms with Crippen molar-refractivity contribution >= 4 is 23.1 Å². The number of fused-ring (bicyclic) bond motifs is 1. The van der Waals surface area contributed by atoms with Gasteiger partial charge >= 0.3 is 0 Å². The Kier molecular flexibility index (Phi) is 6.83. The number of nitrogens with zero attached hydrogens (tertiary/aromatic N) is 1. The molecule has 1 N–H and O–H groups in total. The number of rotatable bonds is 5.